The van der Waals surface area contributed by atoms with Gasteiger partial charge in [-0.2, -0.15) is 0 Å². The fraction of sp³-hybridized carbons (Fsp3) is 0.111. The lowest BCUT2D eigenvalue weighted by atomic mass is 10.2. The molecule has 0 aliphatic heterocycles. The average Bonchev–Trinajstić information content (AvgIpc) is 2.93. The number of ketones is 1. The summed E-state index contributed by atoms with van der Waals surface area (Å²) in [6, 6.07) is 16.4. The van der Waals surface area contributed by atoms with Crippen molar-refractivity contribution in [1.82, 2.24) is 4.40 Å². The highest BCUT2D eigenvalue weighted by Crippen LogP contribution is 2.23. The molecular weight excluding hydrogens is 278 g/mol. The minimum atomic E-state index is -0.329. The molecule has 0 aliphatic rings. The molecule has 4 nitrogen and oxygen atoms in total. The lowest BCUT2D eigenvalue weighted by Crippen LogP contribution is -2.12. The van der Waals surface area contributed by atoms with Crippen molar-refractivity contribution in [3.63, 3.8) is 0 Å². The Morgan fingerprint density at radius 2 is 1.77 bits per heavy atom. The first-order valence-corrected chi connectivity index (χ1v) is 7.01. The van der Waals surface area contributed by atoms with Crippen molar-refractivity contribution in [1.29, 1.82) is 0 Å². The fourth-order valence-electron chi connectivity index (χ4n) is 2.41. The molecule has 0 N–H and O–H groups in total. The standard InChI is InChI=1S/C18H15NO3/c1-13(20)15-9-10-16-17(8-5-11-19(15)16)22-18(21)12-14-6-3-2-4-7-14/h2-11H,12H2,1H3. The first kappa shape index (κ1) is 14.1. The maximum atomic E-state index is 12.1. The number of carbonyl (C=O) groups excluding carboxylic acids is 2. The maximum Gasteiger partial charge on any atom is 0.315 e. The number of hydrogen-bond acceptors (Lipinski definition) is 3. The fourth-order valence-corrected chi connectivity index (χ4v) is 2.41. The minimum Gasteiger partial charge on any atom is -0.424 e. The van der Waals surface area contributed by atoms with E-state index in [1.54, 1.807) is 34.9 Å². The molecule has 0 unspecified atom stereocenters. The highest BCUT2D eigenvalue weighted by molar-refractivity contribution is 5.94. The summed E-state index contributed by atoms with van der Waals surface area (Å²) in [5.41, 5.74) is 2.17. The summed E-state index contributed by atoms with van der Waals surface area (Å²) in [5, 5.41) is 0. The molecule has 3 aromatic rings. The largest absolute Gasteiger partial charge is 0.424 e. The van der Waals surface area contributed by atoms with Crippen molar-refractivity contribution >= 4 is 17.3 Å². The normalized spacial score (nSPS) is 10.6. The van der Waals surface area contributed by atoms with Crippen LogP contribution in [0.1, 0.15) is 23.0 Å². The summed E-state index contributed by atoms with van der Waals surface area (Å²) < 4.78 is 7.18. The van der Waals surface area contributed by atoms with Crippen LogP contribution in [0, 0.1) is 0 Å². The summed E-state index contributed by atoms with van der Waals surface area (Å²) in [7, 11) is 0. The van der Waals surface area contributed by atoms with Crippen molar-refractivity contribution in [2.75, 3.05) is 0 Å². The predicted octanol–water partition coefficient (Wildman–Crippen LogP) is 3.29. The van der Waals surface area contributed by atoms with Crippen molar-refractivity contribution in [3.8, 4) is 5.75 Å². The smallest absolute Gasteiger partial charge is 0.315 e. The van der Waals surface area contributed by atoms with Crippen LogP contribution in [0.3, 0.4) is 0 Å². The Morgan fingerprint density at radius 3 is 2.50 bits per heavy atom. The van der Waals surface area contributed by atoms with Crippen LogP contribution in [0.5, 0.6) is 5.75 Å². The summed E-state index contributed by atoms with van der Waals surface area (Å²) in [4.78, 5) is 23.6. The third-order valence-corrected chi connectivity index (χ3v) is 3.43. The number of aromatic nitrogens is 1. The molecule has 0 saturated heterocycles. The van der Waals surface area contributed by atoms with Crippen LogP contribution in [0.4, 0.5) is 0 Å². The Morgan fingerprint density at radius 1 is 1.00 bits per heavy atom. The average molecular weight is 293 g/mol. The monoisotopic (exact) mass is 293 g/mol. The van der Waals surface area contributed by atoms with Crippen molar-refractivity contribution < 1.29 is 14.3 Å². The molecule has 4 heteroatoms. The first-order valence-electron chi connectivity index (χ1n) is 7.01. The van der Waals surface area contributed by atoms with Crippen molar-refractivity contribution in [3.05, 3.63) is 72.1 Å². The zero-order chi connectivity index (χ0) is 15.5. The molecular formula is C18H15NO3. The van der Waals surface area contributed by atoms with E-state index in [2.05, 4.69) is 0 Å². The predicted molar refractivity (Wildman–Crippen MR) is 83.2 cm³/mol. The van der Waals surface area contributed by atoms with E-state index in [1.807, 2.05) is 30.3 Å². The van der Waals surface area contributed by atoms with E-state index < -0.39 is 0 Å². The molecule has 0 amide bonds. The third kappa shape index (κ3) is 2.76. The molecule has 0 fully saturated rings. The number of benzene rings is 1. The van der Waals surface area contributed by atoms with Gasteiger partial charge < -0.3 is 9.14 Å². The van der Waals surface area contributed by atoms with Gasteiger partial charge in [-0.1, -0.05) is 30.3 Å². The molecule has 22 heavy (non-hydrogen) atoms. The molecule has 3 rings (SSSR count). The zero-order valence-corrected chi connectivity index (χ0v) is 12.2. The summed E-state index contributed by atoms with van der Waals surface area (Å²) in [6.07, 6.45) is 1.99. The van der Waals surface area contributed by atoms with Crippen LogP contribution in [-0.4, -0.2) is 16.2 Å². The second-order valence-corrected chi connectivity index (χ2v) is 5.04. The molecule has 110 valence electrons. The van der Waals surface area contributed by atoms with Gasteiger partial charge in [0.05, 0.1) is 17.6 Å². The molecule has 0 saturated carbocycles. The van der Waals surface area contributed by atoms with Gasteiger partial charge in [-0.25, -0.2) is 0 Å². The van der Waals surface area contributed by atoms with Crippen LogP contribution in [0.2, 0.25) is 0 Å². The third-order valence-electron chi connectivity index (χ3n) is 3.43. The van der Waals surface area contributed by atoms with Crippen LogP contribution in [0.15, 0.2) is 60.8 Å². The Kier molecular flexibility index (Phi) is 3.74. The minimum absolute atomic E-state index is 0.0345. The number of hydrogen-bond donors (Lipinski definition) is 0. The van der Waals surface area contributed by atoms with Gasteiger partial charge in [0, 0.05) is 13.1 Å². The molecule has 2 heterocycles. The Labute approximate surface area is 128 Å². The number of ether oxygens (including phenoxy) is 1. The van der Waals surface area contributed by atoms with E-state index in [1.165, 1.54) is 6.92 Å². The van der Waals surface area contributed by atoms with Gasteiger partial charge in [-0.15, -0.1) is 0 Å². The van der Waals surface area contributed by atoms with Crippen LogP contribution < -0.4 is 4.74 Å². The van der Waals surface area contributed by atoms with Gasteiger partial charge >= 0.3 is 5.97 Å². The Hall–Kier alpha value is -2.88. The Bertz CT molecular complexity index is 834. The lowest BCUT2D eigenvalue weighted by molar-refractivity contribution is -0.133. The molecule has 0 bridgehead atoms. The number of rotatable bonds is 4. The molecule has 0 radical (unpaired) electrons. The Balaban J connectivity index is 1.85. The van der Waals surface area contributed by atoms with E-state index in [9.17, 15) is 9.59 Å². The van der Waals surface area contributed by atoms with Gasteiger partial charge in [0.2, 0.25) is 0 Å². The van der Waals surface area contributed by atoms with E-state index >= 15 is 0 Å². The molecule has 0 atom stereocenters. The topological polar surface area (TPSA) is 47.8 Å². The van der Waals surface area contributed by atoms with Crippen LogP contribution in [0.25, 0.3) is 5.52 Å². The first-order chi connectivity index (χ1) is 10.6. The molecule has 1 aromatic carbocycles. The highest BCUT2D eigenvalue weighted by Gasteiger charge is 2.12. The number of pyridine rings is 1. The van der Waals surface area contributed by atoms with Crippen molar-refractivity contribution in [2.45, 2.75) is 13.3 Å². The molecule has 2 aromatic heterocycles. The zero-order valence-electron chi connectivity index (χ0n) is 12.2. The summed E-state index contributed by atoms with van der Waals surface area (Å²) in [5.74, 6) is 0.0913. The number of fused-ring (bicyclic) bond motifs is 1. The number of carbonyl (C=O) groups is 2. The second-order valence-electron chi connectivity index (χ2n) is 5.04. The summed E-state index contributed by atoms with van der Waals surface area (Å²) >= 11 is 0. The van der Waals surface area contributed by atoms with Gasteiger partial charge in [0.1, 0.15) is 0 Å². The number of esters is 1. The van der Waals surface area contributed by atoms with Gasteiger partial charge in [-0.3, -0.25) is 9.59 Å². The molecule has 0 aliphatic carbocycles. The highest BCUT2D eigenvalue weighted by atomic mass is 16.5. The van der Waals surface area contributed by atoms with Crippen molar-refractivity contribution in [2.24, 2.45) is 0 Å². The quantitative estimate of drug-likeness (QED) is 0.548. The van der Waals surface area contributed by atoms with E-state index in [4.69, 9.17) is 4.74 Å². The van der Waals surface area contributed by atoms with E-state index in [0.29, 0.717) is 17.0 Å². The van der Waals surface area contributed by atoms with Gasteiger partial charge in [-0.05, 0) is 29.8 Å². The van der Waals surface area contributed by atoms with Gasteiger partial charge in [0.15, 0.2) is 11.5 Å². The van der Waals surface area contributed by atoms with E-state index in [0.717, 1.165) is 5.56 Å². The van der Waals surface area contributed by atoms with E-state index in [-0.39, 0.29) is 18.2 Å². The summed E-state index contributed by atoms with van der Waals surface area (Å²) in [6.45, 7) is 1.51. The molecule has 0 spiro atoms. The number of Topliss-reactive ketones (excluding diaryl/α,β-unsaturated/α-hetero) is 1. The SMILES string of the molecule is CC(=O)c1ccc2c(OC(=O)Cc3ccccc3)cccn12. The van der Waals surface area contributed by atoms with Crippen LogP contribution >= 0.6 is 0 Å². The van der Waals surface area contributed by atoms with Crippen LogP contribution in [-0.2, 0) is 11.2 Å². The maximum absolute atomic E-state index is 12.1. The number of nitrogens with zero attached hydrogens (tertiary/aromatic N) is 1. The second kappa shape index (κ2) is 5.85. The lowest BCUT2D eigenvalue weighted by Gasteiger charge is -2.07. The van der Waals surface area contributed by atoms with Gasteiger partial charge in [0.25, 0.3) is 0 Å².